The van der Waals surface area contributed by atoms with Crippen molar-refractivity contribution >= 4 is 17.4 Å². The Hall–Kier alpha value is -1.87. The van der Waals surface area contributed by atoms with E-state index in [0.29, 0.717) is 22.8 Å². The Morgan fingerprint density at radius 1 is 1.28 bits per heavy atom. The van der Waals surface area contributed by atoms with Crippen molar-refractivity contribution in [3.8, 4) is 5.75 Å². The second-order valence-electron chi connectivity index (χ2n) is 3.64. The number of hydrogen-bond acceptors (Lipinski definition) is 3. The van der Waals surface area contributed by atoms with Gasteiger partial charge in [0.15, 0.2) is 5.78 Å². The molecule has 92 valence electrons. The minimum Gasteiger partial charge on any atom is -0.494 e. The van der Waals surface area contributed by atoms with Crippen molar-refractivity contribution < 1.29 is 9.53 Å². The fourth-order valence-corrected chi connectivity index (χ4v) is 1.79. The van der Waals surface area contributed by atoms with E-state index in [-0.39, 0.29) is 5.78 Å². The second-order valence-corrected chi connectivity index (χ2v) is 4.05. The van der Waals surface area contributed by atoms with Gasteiger partial charge < -0.3 is 4.74 Å². The van der Waals surface area contributed by atoms with Crippen LogP contribution in [-0.4, -0.2) is 17.4 Å². The summed E-state index contributed by atoms with van der Waals surface area (Å²) in [5, 5.41) is 0.358. The Balaban J connectivity index is 2.27. The van der Waals surface area contributed by atoms with E-state index in [4.69, 9.17) is 16.3 Å². The molecule has 1 aromatic carbocycles. The number of aromatic nitrogens is 1. The standard InChI is InChI=1S/C14H12ClNO2/c1-2-18-11-5-3-10(4-6-11)14(17)12-7-8-16-9-13(12)15/h3-9H,2H2,1H3. The third-order valence-electron chi connectivity index (χ3n) is 2.44. The molecule has 0 bridgehead atoms. The molecule has 0 saturated heterocycles. The highest BCUT2D eigenvalue weighted by Gasteiger charge is 2.12. The molecule has 0 spiro atoms. The molecule has 0 aliphatic rings. The first-order valence-electron chi connectivity index (χ1n) is 5.59. The van der Waals surface area contributed by atoms with E-state index in [1.807, 2.05) is 6.92 Å². The number of hydrogen-bond donors (Lipinski definition) is 0. The van der Waals surface area contributed by atoms with Gasteiger partial charge >= 0.3 is 0 Å². The molecule has 1 aromatic heterocycles. The summed E-state index contributed by atoms with van der Waals surface area (Å²) in [6.07, 6.45) is 3.01. The number of ether oxygens (including phenoxy) is 1. The summed E-state index contributed by atoms with van der Waals surface area (Å²) in [7, 11) is 0. The van der Waals surface area contributed by atoms with Gasteiger partial charge in [0.05, 0.1) is 11.6 Å². The maximum atomic E-state index is 12.2. The van der Waals surface area contributed by atoms with Gasteiger partial charge in [0, 0.05) is 23.5 Å². The van der Waals surface area contributed by atoms with Crippen molar-refractivity contribution in [3.63, 3.8) is 0 Å². The largest absolute Gasteiger partial charge is 0.494 e. The van der Waals surface area contributed by atoms with Crippen LogP contribution in [-0.2, 0) is 0 Å². The Morgan fingerprint density at radius 2 is 2.00 bits per heavy atom. The predicted molar refractivity (Wildman–Crippen MR) is 70.3 cm³/mol. The molecule has 0 saturated carbocycles. The van der Waals surface area contributed by atoms with Gasteiger partial charge in [0.1, 0.15) is 5.75 Å². The first kappa shape index (κ1) is 12.6. The third-order valence-corrected chi connectivity index (χ3v) is 2.75. The Bertz CT molecular complexity index is 552. The summed E-state index contributed by atoms with van der Waals surface area (Å²) >= 11 is 5.94. The molecule has 0 fully saturated rings. The molecule has 18 heavy (non-hydrogen) atoms. The average Bonchev–Trinajstić information content (AvgIpc) is 2.40. The van der Waals surface area contributed by atoms with Gasteiger partial charge in [-0.1, -0.05) is 11.6 Å². The van der Waals surface area contributed by atoms with Crippen LogP contribution in [0.1, 0.15) is 22.8 Å². The van der Waals surface area contributed by atoms with Crippen LogP contribution in [0.25, 0.3) is 0 Å². The number of halogens is 1. The molecule has 0 atom stereocenters. The minimum atomic E-state index is -0.120. The predicted octanol–water partition coefficient (Wildman–Crippen LogP) is 3.36. The number of carbonyl (C=O) groups is 1. The molecule has 2 rings (SSSR count). The van der Waals surface area contributed by atoms with E-state index >= 15 is 0 Å². The van der Waals surface area contributed by atoms with E-state index in [1.165, 1.54) is 6.20 Å². The second kappa shape index (κ2) is 5.65. The monoisotopic (exact) mass is 261 g/mol. The fourth-order valence-electron chi connectivity index (χ4n) is 1.58. The van der Waals surface area contributed by atoms with E-state index in [9.17, 15) is 4.79 Å². The number of carbonyl (C=O) groups excluding carboxylic acids is 1. The smallest absolute Gasteiger partial charge is 0.194 e. The summed E-state index contributed by atoms with van der Waals surface area (Å²) in [6, 6.07) is 8.60. The molecule has 0 amide bonds. The molecule has 0 aliphatic heterocycles. The van der Waals surface area contributed by atoms with E-state index < -0.39 is 0 Å². The van der Waals surface area contributed by atoms with Crippen molar-refractivity contribution in [2.75, 3.05) is 6.61 Å². The molecular weight excluding hydrogens is 250 g/mol. The van der Waals surface area contributed by atoms with Crippen molar-refractivity contribution in [1.82, 2.24) is 4.98 Å². The molecule has 1 heterocycles. The zero-order valence-electron chi connectivity index (χ0n) is 9.89. The lowest BCUT2D eigenvalue weighted by Gasteiger charge is -2.05. The number of rotatable bonds is 4. The van der Waals surface area contributed by atoms with Crippen LogP contribution in [0, 0.1) is 0 Å². The molecule has 0 unspecified atom stereocenters. The molecule has 0 aliphatic carbocycles. The quantitative estimate of drug-likeness (QED) is 0.792. The average molecular weight is 262 g/mol. The van der Waals surface area contributed by atoms with Crippen LogP contribution in [0.4, 0.5) is 0 Å². The number of pyridine rings is 1. The van der Waals surface area contributed by atoms with Crippen LogP contribution in [0.15, 0.2) is 42.7 Å². The lowest BCUT2D eigenvalue weighted by Crippen LogP contribution is -2.02. The lowest BCUT2D eigenvalue weighted by molar-refractivity contribution is 0.103. The normalized spacial score (nSPS) is 10.1. The van der Waals surface area contributed by atoms with Crippen LogP contribution in [0.5, 0.6) is 5.75 Å². The highest BCUT2D eigenvalue weighted by atomic mass is 35.5. The van der Waals surface area contributed by atoms with Gasteiger partial charge in [0.25, 0.3) is 0 Å². The highest BCUT2D eigenvalue weighted by Crippen LogP contribution is 2.19. The van der Waals surface area contributed by atoms with Gasteiger partial charge in [-0.25, -0.2) is 0 Å². The minimum absolute atomic E-state index is 0.120. The van der Waals surface area contributed by atoms with Crippen molar-refractivity contribution in [2.45, 2.75) is 6.92 Å². The Kier molecular flexibility index (Phi) is 3.95. The summed E-state index contributed by atoms with van der Waals surface area (Å²) in [5.74, 6) is 0.625. The zero-order chi connectivity index (χ0) is 13.0. The summed E-state index contributed by atoms with van der Waals surface area (Å²) < 4.78 is 5.32. The maximum absolute atomic E-state index is 12.2. The summed E-state index contributed by atoms with van der Waals surface area (Å²) in [4.78, 5) is 16.0. The number of nitrogens with zero attached hydrogens (tertiary/aromatic N) is 1. The molecule has 3 nitrogen and oxygen atoms in total. The SMILES string of the molecule is CCOc1ccc(C(=O)c2ccncc2Cl)cc1. The van der Waals surface area contributed by atoms with Crippen LogP contribution in [0.2, 0.25) is 5.02 Å². The van der Waals surface area contributed by atoms with Gasteiger partial charge in [-0.2, -0.15) is 0 Å². The van der Waals surface area contributed by atoms with Crippen molar-refractivity contribution in [2.24, 2.45) is 0 Å². The van der Waals surface area contributed by atoms with Crippen LogP contribution in [0.3, 0.4) is 0 Å². The molecule has 0 radical (unpaired) electrons. The molecule has 0 N–H and O–H groups in total. The third kappa shape index (κ3) is 2.68. The van der Waals surface area contributed by atoms with Crippen LogP contribution < -0.4 is 4.74 Å². The summed E-state index contributed by atoms with van der Waals surface area (Å²) in [5.41, 5.74) is 1.03. The number of ketones is 1. The van der Waals surface area contributed by atoms with Crippen molar-refractivity contribution in [3.05, 3.63) is 58.9 Å². The molecular formula is C14H12ClNO2. The fraction of sp³-hybridized carbons (Fsp3) is 0.143. The first-order valence-corrected chi connectivity index (χ1v) is 5.97. The molecule has 4 heteroatoms. The van der Waals surface area contributed by atoms with Gasteiger partial charge in [-0.05, 0) is 37.3 Å². The van der Waals surface area contributed by atoms with Gasteiger partial charge in [-0.15, -0.1) is 0 Å². The first-order chi connectivity index (χ1) is 8.72. The van der Waals surface area contributed by atoms with E-state index in [2.05, 4.69) is 4.98 Å². The topological polar surface area (TPSA) is 39.2 Å². The summed E-state index contributed by atoms with van der Waals surface area (Å²) in [6.45, 7) is 2.51. The van der Waals surface area contributed by atoms with E-state index in [0.717, 1.165) is 5.75 Å². The van der Waals surface area contributed by atoms with E-state index in [1.54, 1.807) is 36.5 Å². The van der Waals surface area contributed by atoms with Gasteiger partial charge in [-0.3, -0.25) is 9.78 Å². The van der Waals surface area contributed by atoms with Gasteiger partial charge in [0.2, 0.25) is 0 Å². The maximum Gasteiger partial charge on any atom is 0.194 e. The number of benzene rings is 1. The van der Waals surface area contributed by atoms with Crippen LogP contribution >= 0.6 is 11.6 Å². The zero-order valence-corrected chi connectivity index (χ0v) is 10.6. The molecule has 2 aromatic rings. The Morgan fingerprint density at radius 3 is 2.61 bits per heavy atom. The van der Waals surface area contributed by atoms with Crippen molar-refractivity contribution in [1.29, 1.82) is 0 Å². The lowest BCUT2D eigenvalue weighted by atomic mass is 10.0. The Labute approximate surface area is 110 Å². The highest BCUT2D eigenvalue weighted by molar-refractivity contribution is 6.34.